The summed E-state index contributed by atoms with van der Waals surface area (Å²) < 4.78 is 10.3. The largest absolute Gasteiger partial charge is 0.477 e. The fourth-order valence-electron chi connectivity index (χ4n) is 6.97. The molecule has 2 N–H and O–H groups in total. The van der Waals surface area contributed by atoms with E-state index in [-0.39, 0.29) is 5.91 Å². The molecule has 2 aliphatic carbocycles. The van der Waals surface area contributed by atoms with Crippen molar-refractivity contribution in [2.24, 2.45) is 18.9 Å². The van der Waals surface area contributed by atoms with Gasteiger partial charge >= 0.3 is 0 Å². The van der Waals surface area contributed by atoms with Crippen molar-refractivity contribution < 1.29 is 9.53 Å². The van der Waals surface area contributed by atoms with Gasteiger partial charge in [0.15, 0.2) is 0 Å². The highest BCUT2D eigenvalue weighted by Crippen LogP contribution is 2.41. The number of fused-ring (bicyclic) bond motifs is 7. The number of nitrogens with one attached hydrogen (secondary N) is 2. The van der Waals surface area contributed by atoms with Crippen LogP contribution in [0, 0.1) is 18.8 Å². The minimum absolute atomic E-state index is 0.202. The van der Waals surface area contributed by atoms with Gasteiger partial charge in [0.25, 0.3) is 5.91 Å². The van der Waals surface area contributed by atoms with Crippen molar-refractivity contribution in [1.82, 2.24) is 29.2 Å². The van der Waals surface area contributed by atoms with E-state index >= 15 is 0 Å². The molecule has 4 aromatic rings. The number of carbonyl (C=O) groups is 1. The average molecular weight is 583 g/mol. The number of amides is 1. The molecule has 0 unspecified atom stereocenters. The second kappa shape index (κ2) is 11.3. The Morgan fingerprint density at radius 1 is 1.05 bits per heavy atom. The lowest BCUT2D eigenvalue weighted by atomic mass is 9.97. The molecule has 1 aliphatic heterocycles. The number of aromatic nitrogens is 5. The number of benzene rings is 1. The number of nitrogens with zero attached hydrogens (tertiary/aromatic N) is 6. The first-order valence-corrected chi connectivity index (χ1v) is 15.7. The SMILES string of the molecule is Cc1cc2cc(n1)-c1cnn(C)c1OCCC[C@@H](C1CC1)Cn1c(nc3cc(N[C@@H]4CC[C@@H](N(C)C)C4)ccc31)NC2=O. The summed E-state index contributed by atoms with van der Waals surface area (Å²) in [6, 6.07) is 11.2. The third-order valence-corrected chi connectivity index (χ3v) is 9.52. The van der Waals surface area contributed by atoms with E-state index in [1.807, 2.05) is 26.1 Å². The Morgan fingerprint density at radius 3 is 2.70 bits per heavy atom. The monoisotopic (exact) mass is 582 g/mol. The maximum absolute atomic E-state index is 13.8. The Labute approximate surface area is 252 Å². The molecule has 226 valence electrons. The van der Waals surface area contributed by atoms with Crippen LogP contribution in [0.15, 0.2) is 36.5 Å². The molecule has 1 amide bonds. The Kier molecular flexibility index (Phi) is 7.33. The number of ether oxygens (including phenoxy) is 1. The summed E-state index contributed by atoms with van der Waals surface area (Å²) in [6.45, 7) is 3.32. The summed E-state index contributed by atoms with van der Waals surface area (Å²) in [5.41, 5.74) is 5.78. The average Bonchev–Trinajstić information content (AvgIpc) is 3.46. The van der Waals surface area contributed by atoms with Crippen molar-refractivity contribution in [2.45, 2.75) is 70.5 Å². The number of imidazole rings is 1. The highest BCUT2D eigenvalue weighted by Gasteiger charge is 2.33. The van der Waals surface area contributed by atoms with E-state index in [2.05, 4.69) is 57.5 Å². The Bertz CT molecular complexity index is 1650. The van der Waals surface area contributed by atoms with Crippen LogP contribution in [0.5, 0.6) is 5.88 Å². The number of rotatable bonds is 4. The van der Waals surface area contributed by atoms with Crippen molar-refractivity contribution in [2.75, 3.05) is 31.3 Å². The Balaban J connectivity index is 1.24. The Morgan fingerprint density at radius 2 is 1.91 bits per heavy atom. The molecule has 10 nitrogen and oxygen atoms in total. The fourth-order valence-corrected chi connectivity index (χ4v) is 6.97. The molecule has 2 fully saturated rings. The summed E-state index contributed by atoms with van der Waals surface area (Å²) in [6.07, 6.45) is 9.78. The summed E-state index contributed by atoms with van der Waals surface area (Å²) in [5.74, 6) is 2.25. The van der Waals surface area contributed by atoms with Gasteiger partial charge in [-0.15, -0.1) is 0 Å². The van der Waals surface area contributed by atoms with Crippen molar-refractivity contribution in [1.29, 1.82) is 0 Å². The van der Waals surface area contributed by atoms with Crippen molar-refractivity contribution in [3.8, 4) is 17.1 Å². The van der Waals surface area contributed by atoms with Gasteiger partial charge in [-0.25, -0.2) is 9.67 Å². The summed E-state index contributed by atoms with van der Waals surface area (Å²) in [4.78, 5) is 25.8. The second-order valence-corrected chi connectivity index (χ2v) is 12.9. The van der Waals surface area contributed by atoms with Crippen LogP contribution in [-0.4, -0.2) is 67.9 Å². The quantitative estimate of drug-likeness (QED) is 0.328. The lowest BCUT2D eigenvalue weighted by molar-refractivity contribution is 0.102. The lowest BCUT2D eigenvalue weighted by Gasteiger charge is -2.20. The van der Waals surface area contributed by atoms with E-state index in [1.54, 1.807) is 10.9 Å². The van der Waals surface area contributed by atoms with Crippen LogP contribution in [-0.2, 0) is 13.6 Å². The van der Waals surface area contributed by atoms with E-state index in [0.717, 1.165) is 60.2 Å². The molecule has 2 bridgehead atoms. The zero-order valence-electron chi connectivity index (χ0n) is 25.6. The number of hydrogen-bond donors (Lipinski definition) is 2. The summed E-state index contributed by atoms with van der Waals surface area (Å²) in [7, 11) is 6.21. The molecule has 3 atom stereocenters. The van der Waals surface area contributed by atoms with Gasteiger partial charge in [-0.1, -0.05) is 0 Å². The predicted molar refractivity (Wildman–Crippen MR) is 169 cm³/mol. The van der Waals surface area contributed by atoms with Crippen molar-refractivity contribution in [3.63, 3.8) is 0 Å². The van der Waals surface area contributed by atoms with Gasteiger partial charge < -0.3 is 19.5 Å². The minimum atomic E-state index is -0.202. The molecule has 3 aliphatic rings. The van der Waals surface area contributed by atoms with E-state index < -0.39 is 0 Å². The second-order valence-electron chi connectivity index (χ2n) is 12.9. The number of carbonyl (C=O) groups excluding carboxylic acids is 1. The van der Waals surface area contributed by atoms with Crippen LogP contribution in [0.25, 0.3) is 22.3 Å². The van der Waals surface area contributed by atoms with Gasteiger partial charge in [-0.05, 0) is 108 Å². The molecule has 7 rings (SSSR count). The van der Waals surface area contributed by atoms with Gasteiger partial charge in [0.05, 0.1) is 35.1 Å². The van der Waals surface area contributed by atoms with Crippen LogP contribution >= 0.6 is 0 Å². The number of hydrogen-bond acceptors (Lipinski definition) is 7. The lowest BCUT2D eigenvalue weighted by Crippen LogP contribution is -2.26. The first-order valence-electron chi connectivity index (χ1n) is 15.7. The minimum Gasteiger partial charge on any atom is -0.477 e. The molecule has 43 heavy (non-hydrogen) atoms. The van der Waals surface area contributed by atoms with Gasteiger partial charge in [-0.2, -0.15) is 5.10 Å². The zero-order valence-corrected chi connectivity index (χ0v) is 25.6. The molecule has 10 heteroatoms. The van der Waals surface area contributed by atoms with Crippen LogP contribution in [0.2, 0.25) is 0 Å². The fraction of sp³-hybridized carbons (Fsp3) is 0.515. The topological polar surface area (TPSA) is 102 Å². The first-order chi connectivity index (χ1) is 20.8. The van der Waals surface area contributed by atoms with Crippen molar-refractivity contribution in [3.05, 3.63) is 47.8 Å². The van der Waals surface area contributed by atoms with E-state index in [9.17, 15) is 4.79 Å². The van der Waals surface area contributed by atoms with E-state index in [4.69, 9.17) is 14.7 Å². The molecule has 2 saturated carbocycles. The van der Waals surface area contributed by atoms with Crippen molar-refractivity contribution >= 4 is 28.6 Å². The molecule has 3 aromatic heterocycles. The van der Waals surface area contributed by atoms with Gasteiger partial charge in [0.1, 0.15) is 0 Å². The third-order valence-electron chi connectivity index (χ3n) is 9.52. The molecule has 0 spiro atoms. The molecular formula is C33H42N8O2. The van der Waals surface area contributed by atoms with Crippen LogP contribution < -0.4 is 15.4 Å². The van der Waals surface area contributed by atoms with Gasteiger partial charge in [0, 0.05) is 42.6 Å². The van der Waals surface area contributed by atoms with E-state index in [0.29, 0.717) is 53.6 Å². The smallest absolute Gasteiger partial charge is 0.258 e. The number of anilines is 2. The normalized spacial score (nSPS) is 22.8. The molecule has 0 radical (unpaired) electrons. The molecule has 0 saturated heterocycles. The summed E-state index contributed by atoms with van der Waals surface area (Å²) in [5, 5.41) is 11.4. The highest BCUT2D eigenvalue weighted by molar-refractivity contribution is 6.05. The maximum atomic E-state index is 13.8. The molecule has 1 aromatic carbocycles. The summed E-state index contributed by atoms with van der Waals surface area (Å²) >= 11 is 0. The van der Waals surface area contributed by atoms with Crippen LogP contribution in [0.4, 0.5) is 11.6 Å². The van der Waals surface area contributed by atoms with Gasteiger partial charge in [-0.3, -0.25) is 15.1 Å². The molecular weight excluding hydrogens is 540 g/mol. The number of aryl methyl sites for hydroxylation is 2. The van der Waals surface area contributed by atoms with Gasteiger partial charge in [0.2, 0.25) is 11.8 Å². The maximum Gasteiger partial charge on any atom is 0.258 e. The zero-order chi connectivity index (χ0) is 29.7. The van der Waals surface area contributed by atoms with Crippen LogP contribution in [0.3, 0.4) is 0 Å². The first kappa shape index (κ1) is 27.9. The highest BCUT2D eigenvalue weighted by atomic mass is 16.5. The predicted octanol–water partition coefficient (Wildman–Crippen LogP) is 5.49. The standard InChI is InChI=1S/C33H42N8O2/c1-20-14-23-15-28(35-20)27-18-34-40(4)32(27)43-13-5-6-22(21-7-8-21)19-41-30-12-10-25(17-29(30)37-33(41)38-31(23)42)36-24-9-11-26(16-24)39(2)3/h10,12,14-15,17-18,21-22,24,26,36H,5-9,11,13,16,19H2,1-4H3,(H,37,38,42)/t22-,24-,26-/m1/s1. The number of pyridine rings is 1. The Hall–Kier alpha value is -3.92. The van der Waals surface area contributed by atoms with Crippen LogP contribution in [0.1, 0.15) is 61.0 Å². The van der Waals surface area contributed by atoms with E-state index in [1.165, 1.54) is 19.3 Å². The molecule has 4 heterocycles. The third kappa shape index (κ3) is 5.72.